The summed E-state index contributed by atoms with van der Waals surface area (Å²) in [5.74, 6) is 0. The summed E-state index contributed by atoms with van der Waals surface area (Å²) in [6.07, 6.45) is 0. The lowest BCUT2D eigenvalue weighted by Gasteiger charge is -2.09. The van der Waals surface area contributed by atoms with E-state index in [0.717, 1.165) is 38.9 Å². The third-order valence-electron chi connectivity index (χ3n) is 6.37. The van der Waals surface area contributed by atoms with Gasteiger partial charge in [0.1, 0.15) is 0 Å². The minimum absolute atomic E-state index is 0.360. The van der Waals surface area contributed by atoms with Gasteiger partial charge in [-0.15, -0.1) is 0 Å². The summed E-state index contributed by atoms with van der Waals surface area (Å²) < 4.78 is 26.3. The van der Waals surface area contributed by atoms with Crippen molar-refractivity contribution in [3.8, 4) is 44.6 Å². The van der Waals surface area contributed by atoms with Gasteiger partial charge >= 0.3 is 0 Å². The van der Waals surface area contributed by atoms with E-state index in [1.165, 1.54) is 16.7 Å². The molecule has 2 aliphatic rings. The van der Waals surface area contributed by atoms with Crippen LogP contribution in [0.15, 0.2) is 101 Å². The van der Waals surface area contributed by atoms with Gasteiger partial charge in [-0.05, 0) is 46.5 Å². The Morgan fingerprint density at radius 1 is 0.548 bits per heavy atom. The van der Waals surface area contributed by atoms with Crippen molar-refractivity contribution in [3.63, 3.8) is 0 Å². The predicted octanol–water partition coefficient (Wildman–Crippen LogP) is 6.36. The van der Waals surface area contributed by atoms with Crippen molar-refractivity contribution in [1.29, 1.82) is 0 Å². The molecule has 0 N–H and O–H groups in total. The fraction of sp³-hybridized carbons (Fsp3) is 0. The van der Waals surface area contributed by atoms with E-state index < -0.39 is 9.84 Å². The highest BCUT2D eigenvalue weighted by atomic mass is 32.2. The van der Waals surface area contributed by atoms with Crippen molar-refractivity contribution >= 4 is 20.7 Å². The first-order chi connectivity index (χ1) is 15.1. The first kappa shape index (κ1) is 17.0. The van der Waals surface area contributed by atoms with Crippen molar-refractivity contribution in [2.24, 2.45) is 0 Å². The lowest BCUT2D eigenvalue weighted by atomic mass is 10.00. The van der Waals surface area contributed by atoms with E-state index in [1.807, 2.05) is 36.4 Å². The van der Waals surface area contributed by atoms with E-state index in [1.54, 1.807) is 18.2 Å². The van der Waals surface area contributed by atoms with Crippen LogP contribution < -0.4 is 0 Å². The number of benzene rings is 4. The Labute approximate surface area is 179 Å². The maximum Gasteiger partial charge on any atom is 0.207 e. The molecule has 0 fully saturated rings. The van der Waals surface area contributed by atoms with Crippen molar-refractivity contribution in [3.05, 3.63) is 91.0 Å². The molecule has 2 heterocycles. The van der Waals surface area contributed by atoms with Gasteiger partial charge < -0.3 is 0 Å². The maximum atomic E-state index is 13.1. The fourth-order valence-corrected chi connectivity index (χ4v) is 6.71. The lowest BCUT2D eigenvalue weighted by Crippen LogP contribution is -1.97. The van der Waals surface area contributed by atoms with E-state index in [9.17, 15) is 8.42 Å². The third-order valence-corrected chi connectivity index (χ3v) is 8.23. The van der Waals surface area contributed by atoms with Crippen LogP contribution in [-0.4, -0.2) is 13.4 Å². The monoisotopic (exact) mass is 417 g/mol. The average Bonchev–Trinajstić information content (AvgIpc) is 3.25. The van der Waals surface area contributed by atoms with Crippen LogP contribution in [0.1, 0.15) is 0 Å². The summed E-state index contributed by atoms with van der Waals surface area (Å²) in [6, 6.07) is 29.5. The molecule has 7 rings (SSSR count). The van der Waals surface area contributed by atoms with Crippen molar-refractivity contribution in [1.82, 2.24) is 4.98 Å². The van der Waals surface area contributed by atoms with Crippen LogP contribution in [-0.2, 0) is 9.84 Å². The minimum atomic E-state index is -3.52. The first-order valence-electron chi connectivity index (χ1n) is 10.2. The molecule has 0 amide bonds. The fourth-order valence-electron chi connectivity index (χ4n) is 4.99. The van der Waals surface area contributed by atoms with Gasteiger partial charge in [0.25, 0.3) is 0 Å². The number of sulfone groups is 1. The van der Waals surface area contributed by atoms with E-state index in [2.05, 4.69) is 36.4 Å². The van der Waals surface area contributed by atoms with Crippen LogP contribution in [0.25, 0.3) is 55.5 Å². The highest BCUT2D eigenvalue weighted by molar-refractivity contribution is 7.92. The second-order valence-corrected chi connectivity index (χ2v) is 9.90. The average molecular weight is 417 g/mol. The van der Waals surface area contributed by atoms with Gasteiger partial charge in [-0.1, -0.05) is 66.7 Å². The molecule has 0 saturated carbocycles. The second-order valence-electron chi connectivity index (χ2n) is 8.01. The zero-order chi connectivity index (χ0) is 20.7. The molecule has 31 heavy (non-hydrogen) atoms. The van der Waals surface area contributed by atoms with E-state index in [0.29, 0.717) is 9.79 Å². The van der Waals surface area contributed by atoms with Crippen LogP contribution in [0.3, 0.4) is 0 Å². The SMILES string of the molecule is O=S1(=O)c2ccccc2-c2ccc(-c3cc4c5c(cccc5n3)-c3ccccc3-4)cc21. The summed E-state index contributed by atoms with van der Waals surface area (Å²) in [4.78, 5) is 5.66. The Bertz CT molecular complexity index is 1700. The number of hydrogen-bond acceptors (Lipinski definition) is 3. The lowest BCUT2D eigenvalue weighted by molar-refractivity contribution is 0.598. The summed E-state index contributed by atoms with van der Waals surface area (Å²) in [5.41, 5.74) is 8.81. The van der Waals surface area contributed by atoms with Crippen molar-refractivity contribution in [2.45, 2.75) is 9.79 Å². The molecule has 1 aliphatic carbocycles. The molecule has 0 unspecified atom stereocenters. The molecule has 4 heteroatoms. The number of rotatable bonds is 1. The smallest absolute Gasteiger partial charge is 0.207 e. The molecule has 4 aromatic carbocycles. The van der Waals surface area contributed by atoms with E-state index in [-0.39, 0.29) is 0 Å². The largest absolute Gasteiger partial charge is 0.248 e. The summed E-state index contributed by atoms with van der Waals surface area (Å²) >= 11 is 0. The van der Waals surface area contributed by atoms with Gasteiger partial charge in [-0.2, -0.15) is 0 Å². The first-order valence-corrected chi connectivity index (χ1v) is 11.6. The van der Waals surface area contributed by atoms with Gasteiger partial charge in [0.05, 0.1) is 21.0 Å². The molecule has 3 nitrogen and oxygen atoms in total. The molecule has 146 valence electrons. The number of pyridine rings is 1. The Morgan fingerprint density at radius 3 is 2.06 bits per heavy atom. The summed E-state index contributed by atoms with van der Waals surface area (Å²) in [5, 5.41) is 1.16. The number of nitrogens with zero attached hydrogens (tertiary/aromatic N) is 1. The Hall–Kier alpha value is -3.76. The maximum absolute atomic E-state index is 13.1. The molecular weight excluding hydrogens is 402 g/mol. The topological polar surface area (TPSA) is 47.0 Å². The van der Waals surface area contributed by atoms with Gasteiger partial charge in [0.2, 0.25) is 9.84 Å². The van der Waals surface area contributed by atoms with Gasteiger partial charge in [0, 0.05) is 22.1 Å². The molecule has 0 spiro atoms. The van der Waals surface area contributed by atoms with Gasteiger partial charge in [-0.25, -0.2) is 13.4 Å². The number of fused-ring (bicyclic) bond motifs is 6. The number of aromatic nitrogens is 1. The van der Waals surface area contributed by atoms with Gasteiger partial charge in [-0.3, -0.25) is 0 Å². The highest BCUT2D eigenvalue weighted by Crippen LogP contribution is 2.48. The Balaban J connectivity index is 1.49. The third kappa shape index (κ3) is 2.12. The zero-order valence-electron chi connectivity index (χ0n) is 16.3. The van der Waals surface area contributed by atoms with Crippen molar-refractivity contribution < 1.29 is 8.42 Å². The second kappa shape index (κ2) is 5.68. The van der Waals surface area contributed by atoms with Crippen LogP contribution in [0.4, 0.5) is 0 Å². The molecule has 5 aromatic rings. The summed E-state index contributed by atoms with van der Waals surface area (Å²) in [7, 11) is -3.52. The van der Waals surface area contributed by atoms with Gasteiger partial charge in [0.15, 0.2) is 0 Å². The highest BCUT2D eigenvalue weighted by Gasteiger charge is 2.33. The van der Waals surface area contributed by atoms with Crippen LogP contribution in [0.5, 0.6) is 0 Å². The Morgan fingerprint density at radius 2 is 1.23 bits per heavy atom. The molecule has 0 atom stereocenters. The molecule has 0 radical (unpaired) electrons. The predicted molar refractivity (Wildman–Crippen MR) is 122 cm³/mol. The number of hydrogen-bond donors (Lipinski definition) is 0. The van der Waals surface area contributed by atoms with Crippen LogP contribution >= 0.6 is 0 Å². The standard InChI is InChI=1S/C27H15NO2S/c29-31(30)25-11-4-3-8-19(25)20-13-12-16(14-26(20)31)24-15-22-18-7-2-1-6-17(18)21-9-5-10-23(28-24)27(21)22/h1-15H. The molecule has 1 aromatic heterocycles. The van der Waals surface area contributed by atoms with E-state index in [4.69, 9.17) is 4.98 Å². The zero-order valence-corrected chi connectivity index (χ0v) is 17.1. The van der Waals surface area contributed by atoms with Crippen LogP contribution in [0.2, 0.25) is 0 Å². The molecule has 0 bridgehead atoms. The molecular formula is C27H15NO2S. The Kier molecular flexibility index (Phi) is 3.11. The quantitative estimate of drug-likeness (QED) is 0.312. The molecule has 1 aliphatic heterocycles. The molecule has 0 saturated heterocycles. The van der Waals surface area contributed by atoms with E-state index >= 15 is 0 Å². The van der Waals surface area contributed by atoms with Crippen molar-refractivity contribution in [2.75, 3.05) is 0 Å². The minimum Gasteiger partial charge on any atom is -0.248 e. The summed E-state index contributed by atoms with van der Waals surface area (Å²) in [6.45, 7) is 0. The van der Waals surface area contributed by atoms with Crippen LogP contribution in [0, 0.1) is 0 Å². The normalized spacial score (nSPS) is 14.3.